The van der Waals surface area contributed by atoms with Gasteiger partial charge in [0.15, 0.2) is 0 Å². The standard InChI is InChI=1S/C29H38BN5O5/c1-17(2)24(34-27(37)38-7)26(36)35-14-8-9-23(35)25-32-21-12-10-18(15-22(21)33-25)20-13-11-19(16-31-20)30-39-28(3,4)29(5,6)40-30/h10-13,15-17,23-24H,8-9,14H2,1-7H3,(H,32,33)(H,34,37). The fourth-order valence-corrected chi connectivity index (χ4v) is 5.23. The number of alkyl carbamates (subject to hydrolysis) is 1. The van der Waals surface area contributed by atoms with Gasteiger partial charge in [-0.3, -0.25) is 9.78 Å². The molecule has 10 nitrogen and oxygen atoms in total. The Morgan fingerprint density at radius 3 is 2.50 bits per heavy atom. The Hall–Kier alpha value is -3.44. The number of fused-ring (bicyclic) bond motifs is 1. The van der Waals surface area contributed by atoms with Crippen LogP contribution in [0.25, 0.3) is 22.3 Å². The zero-order valence-electron chi connectivity index (χ0n) is 24.3. The third-order valence-electron chi connectivity index (χ3n) is 8.35. The van der Waals surface area contributed by atoms with Gasteiger partial charge in [-0.15, -0.1) is 0 Å². The molecular weight excluding hydrogens is 509 g/mol. The van der Waals surface area contributed by atoms with Crippen molar-refractivity contribution in [2.45, 2.75) is 77.7 Å². The maximum absolute atomic E-state index is 13.5. The number of likely N-dealkylation sites (tertiary alicyclic amines) is 1. The highest BCUT2D eigenvalue weighted by Crippen LogP contribution is 2.37. The normalized spacial score (nSPS) is 20.8. The van der Waals surface area contributed by atoms with E-state index in [9.17, 15) is 9.59 Å². The van der Waals surface area contributed by atoms with E-state index in [1.54, 1.807) is 6.20 Å². The summed E-state index contributed by atoms with van der Waals surface area (Å²) >= 11 is 0. The highest BCUT2D eigenvalue weighted by atomic mass is 16.7. The van der Waals surface area contributed by atoms with E-state index < -0.39 is 30.5 Å². The number of hydrogen-bond donors (Lipinski definition) is 2. The molecule has 2 atom stereocenters. The van der Waals surface area contributed by atoms with Crippen molar-refractivity contribution in [3.8, 4) is 11.3 Å². The molecule has 0 bridgehead atoms. The van der Waals surface area contributed by atoms with Gasteiger partial charge in [-0.05, 0) is 64.7 Å². The van der Waals surface area contributed by atoms with Crippen molar-refractivity contribution < 1.29 is 23.6 Å². The monoisotopic (exact) mass is 547 g/mol. The molecule has 2 N–H and O–H groups in total. The summed E-state index contributed by atoms with van der Waals surface area (Å²) < 4.78 is 17.0. The lowest BCUT2D eigenvalue weighted by Gasteiger charge is -2.32. The largest absolute Gasteiger partial charge is 0.496 e. The molecule has 2 aliphatic heterocycles. The number of H-pyrrole nitrogens is 1. The van der Waals surface area contributed by atoms with E-state index in [-0.39, 0.29) is 17.9 Å². The molecule has 0 spiro atoms. The first-order chi connectivity index (χ1) is 18.9. The predicted octanol–water partition coefficient (Wildman–Crippen LogP) is 3.97. The van der Waals surface area contributed by atoms with Gasteiger partial charge >= 0.3 is 13.2 Å². The van der Waals surface area contributed by atoms with Crippen LogP contribution in [0.4, 0.5) is 4.79 Å². The fourth-order valence-electron chi connectivity index (χ4n) is 5.23. The molecule has 11 heteroatoms. The van der Waals surface area contributed by atoms with E-state index in [0.717, 1.165) is 46.4 Å². The molecule has 5 rings (SSSR count). The van der Waals surface area contributed by atoms with Crippen molar-refractivity contribution in [3.63, 3.8) is 0 Å². The molecule has 2 unspecified atom stereocenters. The van der Waals surface area contributed by atoms with Crippen LogP contribution < -0.4 is 10.8 Å². The minimum absolute atomic E-state index is 0.0882. The number of ether oxygens (including phenoxy) is 1. The number of benzene rings is 1. The van der Waals surface area contributed by atoms with Gasteiger partial charge in [-0.25, -0.2) is 9.78 Å². The number of methoxy groups -OCH3 is 1. The van der Waals surface area contributed by atoms with E-state index in [1.165, 1.54) is 7.11 Å². The van der Waals surface area contributed by atoms with Crippen molar-refractivity contribution in [2.24, 2.45) is 5.92 Å². The van der Waals surface area contributed by atoms with Crippen molar-refractivity contribution in [2.75, 3.05) is 13.7 Å². The Kier molecular flexibility index (Phi) is 7.39. The fraction of sp³-hybridized carbons (Fsp3) is 0.517. The Bertz CT molecular complexity index is 1390. The molecule has 212 valence electrons. The second-order valence-corrected chi connectivity index (χ2v) is 12.0. The minimum Gasteiger partial charge on any atom is -0.453 e. The highest BCUT2D eigenvalue weighted by molar-refractivity contribution is 6.62. The van der Waals surface area contributed by atoms with E-state index in [0.29, 0.717) is 6.54 Å². The molecule has 0 aliphatic carbocycles. The number of carbonyl (C=O) groups is 2. The van der Waals surface area contributed by atoms with E-state index in [4.69, 9.17) is 19.0 Å². The lowest BCUT2D eigenvalue weighted by molar-refractivity contribution is -0.135. The van der Waals surface area contributed by atoms with Gasteiger partial charge in [0.05, 0.1) is 41.1 Å². The Labute approximate surface area is 235 Å². The van der Waals surface area contributed by atoms with Crippen LogP contribution in [-0.2, 0) is 18.8 Å². The average Bonchev–Trinajstić information content (AvgIpc) is 3.61. The molecule has 2 aliphatic rings. The first kappa shape index (κ1) is 28.1. The summed E-state index contributed by atoms with van der Waals surface area (Å²) in [4.78, 5) is 40.1. The third-order valence-corrected chi connectivity index (χ3v) is 8.35. The molecule has 1 aromatic carbocycles. The SMILES string of the molecule is COC(=O)NC(C(=O)N1CCCC1c1nc2ccc(-c3ccc(B4OC(C)(C)C(C)(C)O4)cn3)cc2[nH]1)C(C)C. The van der Waals surface area contributed by atoms with Crippen LogP contribution in [0.3, 0.4) is 0 Å². The topological polar surface area (TPSA) is 119 Å². The Balaban J connectivity index is 1.35. The number of carbonyl (C=O) groups excluding carboxylic acids is 2. The number of rotatable bonds is 6. The van der Waals surface area contributed by atoms with Gasteiger partial charge < -0.3 is 29.2 Å². The first-order valence-electron chi connectivity index (χ1n) is 13.9. The smallest absolute Gasteiger partial charge is 0.453 e. The van der Waals surface area contributed by atoms with Gasteiger partial charge in [0.2, 0.25) is 5.91 Å². The summed E-state index contributed by atoms with van der Waals surface area (Å²) in [6, 6.07) is 9.08. The zero-order valence-corrected chi connectivity index (χ0v) is 24.3. The molecule has 2 fully saturated rings. The maximum Gasteiger partial charge on any atom is 0.496 e. The number of imidazole rings is 1. The van der Waals surface area contributed by atoms with Gasteiger partial charge in [-0.2, -0.15) is 0 Å². The number of aromatic nitrogens is 3. The Morgan fingerprint density at radius 2 is 1.88 bits per heavy atom. The predicted molar refractivity (Wildman–Crippen MR) is 153 cm³/mol. The molecule has 2 amide bonds. The molecular formula is C29H38BN5O5. The lowest BCUT2D eigenvalue weighted by Crippen LogP contribution is -2.51. The Morgan fingerprint density at radius 1 is 1.15 bits per heavy atom. The van der Waals surface area contributed by atoms with E-state index in [2.05, 4.69) is 15.3 Å². The second kappa shape index (κ2) is 10.5. The number of nitrogens with zero attached hydrogens (tertiary/aromatic N) is 3. The number of aromatic amines is 1. The molecule has 40 heavy (non-hydrogen) atoms. The van der Waals surface area contributed by atoms with Gasteiger partial charge in [0.25, 0.3) is 0 Å². The van der Waals surface area contributed by atoms with Gasteiger partial charge in [-0.1, -0.05) is 26.0 Å². The number of amides is 2. The van der Waals surface area contributed by atoms with Crippen LogP contribution in [0.1, 0.15) is 66.3 Å². The summed E-state index contributed by atoms with van der Waals surface area (Å²) in [6.07, 6.45) is 2.84. The quantitative estimate of drug-likeness (QED) is 0.449. The summed E-state index contributed by atoms with van der Waals surface area (Å²) in [5.41, 5.74) is 3.52. The van der Waals surface area contributed by atoms with Crippen LogP contribution in [0.5, 0.6) is 0 Å². The van der Waals surface area contributed by atoms with E-state index >= 15 is 0 Å². The molecule has 0 saturated carbocycles. The summed E-state index contributed by atoms with van der Waals surface area (Å²) in [6.45, 7) is 12.6. The van der Waals surface area contributed by atoms with Crippen LogP contribution in [0, 0.1) is 5.92 Å². The number of pyridine rings is 1. The van der Waals surface area contributed by atoms with Gasteiger partial charge in [0, 0.05) is 23.8 Å². The minimum atomic E-state index is -0.671. The molecule has 0 radical (unpaired) electrons. The summed E-state index contributed by atoms with van der Waals surface area (Å²) in [5, 5.41) is 2.69. The number of hydrogen-bond acceptors (Lipinski definition) is 7. The maximum atomic E-state index is 13.5. The van der Waals surface area contributed by atoms with Crippen molar-refractivity contribution >= 4 is 35.6 Å². The summed E-state index contributed by atoms with van der Waals surface area (Å²) in [5.74, 6) is 0.521. The highest BCUT2D eigenvalue weighted by Gasteiger charge is 2.51. The van der Waals surface area contributed by atoms with Crippen molar-refractivity contribution in [1.82, 2.24) is 25.2 Å². The average molecular weight is 547 g/mol. The van der Waals surface area contributed by atoms with Crippen molar-refractivity contribution in [3.05, 3.63) is 42.4 Å². The van der Waals surface area contributed by atoms with Crippen LogP contribution >= 0.6 is 0 Å². The number of nitrogens with one attached hydrogen (secondary N) is 2. The molecule has 2 saturated heterocycles. The van der Waals surface area contributed by atoms with Crippen LogP contribution in [0.15, 0.2) is 36.5 Å². The van der Waals surface area contributed by atoms with Gasteiger partial charge in [0.1, 0.15) is 11.9 Å². The molecule has 3 aromatic rings. The van der Waals surface area contributed by atoms with Crippen LogP contribution in [0.2, 0.25) is 0 Å². The molecule has 2 aromatic heterocycles. The summed E-state index contributed by atoms with van der Waals surface area (Å²) in [7, 11) is 0.835. The first-order valence-corrected chi connectivity index (χ1v) is 13.9. The zero-order chi connectivity index (χ0) is 28.8. The lowest BCUT2D eigenvalue weighted by atomic mass is 9.80. The van der Waals surface area contributed by atoms with Crippen LogP contribution in [-0.4, -0.2) is 69.9 Å². The second-order valence-electron chi connectivity index (χ2n) is 12.0. The van der Waals surface area contributed by atoms with Crippen molar-refractivity contribution in [1.29, 1.82) is 0 Å². The third kappa shape index (κ3) is 5.20. The van der Waals surface area contributed by atoms with E-state index in [1.807, 2.05) is 76.8 Å². The molecule has 4 heterocycles.